The summed E-state index contributed by atoms with van der Waals surface area (Å²) in [6.07, 6.45) is 0. The summed E-state index contributed by atoms with van der Waals surface area (Å²) < 4.78 is 0. The van der Waals surface area contributed by atoms with Crippen molar-refractivity contribution in [2.45, 2.75) is 0 Å². The van der Waals surface area contributed by atoms with E-state index in [0.717, 1.165) is 0 Å². The van der Waals surface area contributed by atoms with Gasteiger partial charge in [0.1, 0.15) is 0 Å². The largest absolute Gasteiger partial charge is 2.00 e. The van der Waals surface area contributed by atoms with Crippen LogP contribution >= 0.6 is 0 Å². The molecule has 0 fully saturated rings. The summed E-state index contributed by atoms with van der Waals surface area (Å²) >= 11 is 0. The van der Waals surface area contributed by atoms with E-state index in [4.69, 9.17) is 181 Å². The van der Waals surface area contributed by atoms with E-state index >= 15 is 0 Å². The van der Waals surface area contributed by atoms with Gasteiger partial charge in [0.25, 0.3) is 0 Å². The van der Waals surface area contributed by atoms with Gasteiger partial charge in [0.15, 0.2) is 0 Å². The first-order valence-electron chi connectivity index (χ1n) is 8.49. The smallest absolute Gasteiger partial charge is 1.00 e. The van der Waals surface area contributed by atoms with E-state index in [2.05, 4.69) is 0 Å². The van der Waals surface area contributed by atoms with Crippen LogP contribution < -0.4 is 181 Å². The third-order valence-corrected chi connectivity index (χ3v) is 0. The summed E-state index contributed by atoms with van der Waals surface area (Å²) in [5.41, 5.74) is 0. The van der Waals surface area contributed by atoms with Gasteiger partial charge < -0.3 is 184 Å². The number of rotatable bonds is 0. The Morgan fingerprint density at radius 1 is 0.143 bits per heavy atom. The molecule has 36 nitrogen and oxygen atoms in total. The Balaban J connectivity index is -0.00000000879. The van der Waals surface area contributed by atoms with Crippen LogP contribution in [0, 0.1) is 0 Å². The van der Waals surface area contributed by atoms with E-state index in [1.807, 2.05) is 0 Å². The molecule has 292 valence electrons. The Morgan fingerprint density at radius 3 is 0.143 bits per heavy atom. The van der Waals surface area contributed by atoms with Crippen molar-refractivity contribution in [3.8, 4) is 0 Å². The molecule has 0 amide bonds. The van der Waals surface area contributed by atoms with Gasteiger partial charge in [0.2, 0.25) is 0 Å². The first-order valence-corrected chi connectivity index (χ1v) is 8.49. The van der Waals surface area contributed by atoms with E-state index in [1.54, 1.807) is 0 Å². The van der Waals surface area contributed by atoms with Crippen LogP contribution in [-0.2, 0) is 0 Å². The maximum absolute atomic E-state index is 8.42. The van der Waals surface area contributed by atoms with Crippen LogP contribution in [-0.4, -0.2) is 111 Å². The topological polar surface area (TPSA) is 830 Å². The summed E-state index contributed by atoms with van der Waals surface area (Å²) in [7, 11) is -35.0. The second-order valence-electron chi connectivity index (χ2n) is 3.46. The average Bonchev–Trinajstić information content (AvgIpc) is 2.61. The van der Waals surface area contributed by atoms with E-state index < -0.39 is 87.9 Å². The molecular weight excluding hydrogens is 730 g/mol. The van der Waals surface area contributed by atoms with E-state index in [1.165, 1.54) is 0 Å². The van der Waals surface area contributed by atoms with Crippen LogP contribution in [0.15, 0.2) is 0 Å². The zero-order valence-electron chi connectivity index (χ0n) is 36.3. The molecule has 0 heterocycles. The Labute approximate surface area is 312 Å². The van der Waals surface area contributed by atoms with Gasteiger partial charge in [-0.2, -0.15) is 0 Å². The number of hydrogen-bond donors (Lipinski definition) is 0. The fourth-order valence-electron chi connectivity index (χ4n) is 0. The molecule has 0 bridgehead atoms. The van der Waals surface area contributed by atoms with Crippen molar-refractivity contribution in [3.63, 3.8) is 0 Å². The first-order chi connectivity index (χ1) is 20.8. The Hall–Kier alpha value is 0.105. The standard InChI is InChI=1S/12BO3.Mg.2H/c12*2-1(3)4;;;/q12*-3;+2;2*-1/p+12. The van der Waals surface area contributed by atoms with E-state index in [0.29, 0.717) is 0 Å². The molecule has 0 aromatic heterocycles. The van der Waals surface area contributed by atoms with E-state index in [9.17, 15) is 0 Å². The van der Waals surface area contributed by atoms with Gasteiger partial charge in [-0.1, -0.05) is 0 Å². The Morgan fingerprint density at radius 2 is 0.143 bits per heavy atom. The predicted molar refractivity (Wildman–Crippen MR) is 90.4 cm³/mol. The fourth-order valence-corrected chi connectivity index (χ4v) is 0. The monoisotopic (exact) mass is 746 g/mol. The molecule has 0 aliphatic heterocycles. The SMILES string of the molecule is [H+].[H+].[H+].[H+].[H+].[H+].[H+].[H+].[H+].[H+].[H+].[H+].[H-].[H-].[Mg+2].[O-]B([O-])[O-].[O-]B([O-])[O-].[O-]B([O-])[O-].[O-]B([O-])[O-].[O-]B([O-])[O-].[O-]B([O-])[O-].[O-]B([O-])[O-].[O-]B([O-])[O-].[O-]B([O-])[O-].[O-]B([O-])[O-].[O-]B([O-])[O-].[O-]B([O-])[O-]. The Bertz CT molecular complexity index is 280. The van der Waals surface area contributed by atoms with Crippen molar-refractivity contribution in [3.05, 3.63) is 0 Å². The van der Waals surface area contributed by atoms with Crippen LogP contribution in [0.3, 0.4) is 0 Å². The van der Waals surface area contributed by atoms with Gasteiger partial charge in [-0.15, -0.1) is 0 Å². The molecule has 0 atom stereocenters. The van der Waals surface area contributed by atoms with Crippen LogP contribution in [0.4, 0.5) is 0 Å². The van der Waals surface area contributed by atoms with Crippen molar-refractivity contribution < 1.29 is 201 Å². The van der Waals surface area contributed by atoms with Crippen molar-refractivity contribution in [1.29, 1.82) is 0 Å². The third kappa shape index (κ3) is 9200000. The molecule has 0 N–H and O–H groups in total. The Kier molecular flexibility index (Phi) is 146. The van der Waals surface area contributed by atoms with Crippen LogP contribution in [0.25, 0.3) is 0 Å². The molecule has 0 rings (SSSR count). The zero-order chi connectivity index (χ0) is 42.9. The summed E-state index contributed by atoms with van der Waals surface area (Å²) in [4.78, 5) is 0. The van der Waals surface area contributed by atoms with Crippen molar-refractivity contribution in [1.82, 2.24) is 0 Å². The van der Waals surface area contributed by atoms with Gasteiger partial charge in [-0.05, 0) is 0 Å². The molecule has 0 aromatic rings. The quantitative estimate of drug-likeness (QED) is 0.208. The molecule has 49 heteroatoms. The second kappa shape index (κ2) is 81.9. The fraction of sp³-hybridized carbons (Fsp3) is 0. The minimum atomic E-state index is -2.92. The van der Waals surface area contributed by atoms with Gasteiger partial charge in [0.05, 0.1) is 0 Å². The van der Waals surface area contributed by atoms with Gasteiger partial charge in [0, 0.05) is 0 Å². The van der Waals surface area contributed by atoms with Gasteiger partial charge >= 0.3 is 40.2 Å². The van der Waals surface area contributed by atoms with Crippen LogP contribution in [0.2, 0.25) is 0 Å². The van der Waals surface area contributed by atoms with Crippen molar-refractivity contribution >= 4 is 111 Å². The normalized spacial score (nSPS) is 6.61. The second-order valence-corrected chi connectivity index (χ2v) is 3.46. The number of hydrogen-bond acceptors (Lipinski definition) is 36. The molecule has 0 unspecified atom stereocenters. The third-order valence-electron chi connectivity index (χ3n) is 0. The predicted octanol–water partition coefficient (Wildman–Crippen LogP) is -46.2. The maximum atomic E-state index is 8.42. The maximum Gasteiger partial charge on any atom is 2.00 e. The van der Waals surface area contributed by atoms with Crippen molar-refractivity contribution in [2.75, 3.05) is 0 Å². The minimum Gasteiger partial charge on any atom is -1.00 e. The molecular formula is H14B12MgO36-24. The van der Waals surface area contributed by atoms with Crippen LogP contribution in [0.1, 0.15) is 20.0 Å². The molecule has 0 aromatic carbocycles. The molecule has 49 heavy (non-hydrogen) atoms. The minimum absolute atomic E-state index is 0. The average molecular weight is 744 g/mol. The summed E-state index contributed by atoms with van der Waals surface area (Å²) in [6, 6.07) is 0. The molecule has 0 spiro atoms. The van der Waals surface area contributed by atoms with Gasteiger partial charge in [-0.3, -0.25) is 87.9 Å². The van der Waals surface area contributed by atoms with Crippen molar-refractivity contribution in [2.24, 2.45) is 0 Å². The summed E-state index contributed by atoms with van der Waals surface area (Å²) in [5.74, 6) is 0. The van der Waals surface area contributed by atoms with E-state index in [-0.39, 0.29) is 43.0 Å². The van der Waals surface area contributed by atoms with Crippen LogP contribution in [0.5, 0.6) is 0 Å². The van der Waals surface area contributed by atoms with Gasteiger partial charge in [-0.25, -0.2) is 0 Å². The molecule has 0 aliphatic carbocycles. The first kappa shape index (κ1) is 87.2. The molecule has 0 saturated heterocycles. The zero-order valence-corrected chi connectivity index (χ0v) is 23.7. The summed E-state index contributed by atoms with van der Waals surface area (Å²) in [6.45, 7) is 0. The molecule has 0 aliphatic rings. The molecule has 0 saturated carbocycles. The molecule has 0 radical (unpaired) electrons. The summed E-state index contributed by atoms with van der Waals surface area (Å²) in [5, 5.41) is 303.